The highest BCUT2D eigenvalue weighted by Gasteiger charge is 2.29. The van der Waals surface area contributed by atoms with E-state index in [4.69, 9.17) is 23.7 Å². The molecule has 2 aromatic heterocycles. The number of hydrogen-bond donors (Lipinski definition) is 1. The standard InChI is InChI=1S/C24H35N3O4SSi.C20H28BrN3O2Si.C4H8O2S/c1-29-21(28)11-13-32-23-25-24(27(26-23)16-30-12-14-33(2,3)4)31-22-19-9-5-7-17(19)15-18-8-6-10-20(18)22;1-27(2,3)11-10-25-13-24-20(22-19(21)23-24)26-18-16-8-4-6-14(16)12-15-7-5-9-17(15)18;1-6-4(5)2-3-7/h15H,5-14,16H2,1-4H3;12H,4-11,13H2,1-3H3;7H,2-3H2,1H3. The largest absolute Gasteiger partial charge is 0.469 e. The van der Waals surface area contributed by atoms with Crippen molar-refractivity contribution in [3.8, 4) is 23.5 Å². The molecule has 0 saturated carbocycles. The molecule has 4 aliphatic rings. The molecule has 14 nitrogen and oxygen atoms in total. The number of thioether (sulfide) groups is 1. The third-order valence-corrected chi connectivity index (χ3v) is 17.0. The zero-order valence-electron chi connectivity index (χ0n) is 40.9. The van der Waals surface area contributed by atoms with Crippen molar-refractivity contribution in [2.45, 2.75) is 160 Å². The highest BCUT2D eigenvalue weighted by Crippen LogP contribution is 2.43. The summed E-state index contributed by atoms with van der Waals surface area (Å²) < 4.78 is 37.8. The second kappa shape index (κ2) is 25.1. The van der Waals surface area contributed by atoms with Crippen molar-refractivity contribution >= 4 is 68.4 Å². The number of esters is 2. The van der Waals surface area contributed by atoms with Gasteiger partial charge in [0.1, 0.15) is 25.0 Å². The number of aromatic nitrogens is 6. The lowest BCUT2D eigenvalue weighted by Crippen LogP contribution is -2.22. The summed E-state index contributed by atoms with van der Waals surface area (Å²) in [6.45, 7) is 16.2. The van der Waals surface area contributed by atoms with Gasteiger partial charge in [0, 0.05) is 40.9 Å². The predicted octanol–water partition coefficient (Wildman–Crippen LogP) is 10.6. The molecule has 0 spiro atoms. The van der Waals surface area contributed by atoms with Crippen LogP contribution in [0.2, 0.25) is 51.4 Å². The van der Waals surface area contributed by atoms with Gasteiger partial charge in [0.2, 0.25) is 9.89 Å². The van der Waals surface area contributed by atoms with E-state index in [1.54, 1.807) is 9.36 Å². The number of thiol groups is 1. The van der Waals surface area contributed by atoms with Crippen molar-refractivity contribution in [2.75, 3.05) is 38.9 Å². The lowest BCUT2D eigenvalue weighted by molar-refractivity contribution is -0.140. The Kier molecular flexibility index (Phi) is 19.9. The fourth-order valence-corrected chi connectivity index (χ4v) is 11.3. The van der Waals surface area contributed by atoms with Crippen LogP contribution in [0.3, 0.4) is 0 Å². The predicted molar refractivity (Wildman–Crippen MR) is 275 cm³/mol. The van der Waals surface area contributed by atoms with E-state index in [0.717, 1.165) is 81.6 Å². The Morgan fingerprint density at radius 1 is 0.642 bits per heavy atom. The van der Waals surface area contributed by atoms with Crippen LogP contribution < -0.4 is 9.47 Å². The molecule has 19 heteroatoms. The Labute approximate surface area is 417 Å². The fourth-order valence-electron chi connectivity index (χ4n) is 8.53. The number of carbonyl (C=O) groups excluding carboxylic acids is 2. The van der Waals surface area contributed by atoms with Crippen molar-refractivity contribution in [2.24, 2.45) is 0 Å². The molecular weight excluding hydrogens is 989 g/mol. The Morgan fingerprint density at radius 3 is 1.46 bits per heavy atom. The van der Waals surface area contributed by atoms with E-state index in [2.05, 4.69) is 105 Å². The Morgan fingerprint density at radius 2 is 1.06 bits per heavy atom. The smallest absolute Gasteiger partial charge is 0.323 e. The quantitative estimate of drug-likeness (QED) is 0.0294. The first-order valence-electron chi connectivity index (χ1n) is 23.8. The molecule has 0 amide bonds. The molecule has 368 valence electrons. The highest BCUT2D eigenvalue weighted by atomic mass is 79.9. The zero-order valence-corrected chi connectivity index (χ0v) is 46.2. The molecule has 0 bridgehead atoms. The normalized spacial score (nSPS) is 14.6. The molecule has 8 rings (SSSR count). The molecule has 4 aliphatic carbocycles. The number of fused-ring (bicyclic) bond motifs is 4. The van der Waals surface area contributed by atoms with Crippen LogP contribution in [0, 0.1) is 0 Å². The van der Waals surface area contributed by atoms with Crippen molar-refractivity contribution in [3.63, 3.8) is 0 Å². The molecule has 2 heterocycles. The molecular formula is C48H71BrN6O8S2Si2. The number of halogens is 1. The van der Waals surface area contributed by atoms with E-state index in [9.17, 15) is 9.59 Å². The molecule has 67 heavy (non-hydrogen) atoms. The monoisotopic (exact) mass is 1060 g/mol. The van der Waals surface area contributed by atoms with Crippen LogP contribution in [0.5, 0.6) is 23.5 Å². The SMILES string of the molecule is COC(=O)CCS.COC(=O)CCSc1nc(Oc2c3c(cc4c2CCC4)CCC3)n(COCC[Si](C)(C)C)n1.C[Si](C)(C)CCOCn1nc(Br)nc1Oc1c2c(cc3c1CCC3)CCC2. The molecule has 2 aromatic carbocycles. The van der Waals surface area contributed by atoms with Crippen molar-refractivity contribution in [1.29, 1.82) is 0 Å². The first-order valence-corrected chi connectivity index (χ1v) is 33.6. The number of aryl methyl sites for hydroxylation is 4. The number of nitrogens with zero attached hydrogens (tertiary/aromatic N) is 6. The maximum Gasteiger partial charge on any atom is 0.323 e. The third kappa shape index (κ3) is 15.6. The molecule has 0 aliphatic heterocycles. The van der Waals surface area contributed by atoms with E-state index in [1.165, 1.54) is 96.2 Å². The average Bonchev–Trinajstić information content (AvgIpc) is 4.15. The minimum atomic E-state index is -1.17. The summed E-state index contributed by atoms with van der Waals surface area (Å²) >= 11 is 8.63. The van der Waals surface area contributed by atoms with E-state index < -0.39 is 16.1 Å². The molecule has 0 N–H and O–H groups in total. The second-order valence-corrected chi connectivity index (χ2v) is 33.3. The van der Waals surface area contributed by atoms with Crippen LogP contribution in [0.1, 0.15) is 83.0 Å². The second-order valence-electron chi connectivity index (χ2n) is 19.8. The van der Waals surface area contributed by atoms with Crippen LogP contribution in [0.15, 0.2) is 22.0 Å². The summed E-state index contributed by atoms with van der Waals surface area (Å²) in [5, 5.41) is 9.63. The number of carbonyl (C=O) groups is 2. The number of rotatable bonds is 20. The van der Waals surface area contributed by atoms with Crippen molar-refractivity contribution in [3.05, 3.63) is 61.4 Å². The summed E-state index contributed by atoms with van der Waals surface area (Å²) in [4.78, 5) is 30.7. The van der Waals surface area contributed by atoms with E-state index in [-0.39, 0.29) is 11.9 Å². The summed E-state index contributed by atoms with van der Waals surface area (Å²) in [5.74, 6) is 2.73. The average molecular weight is 1060 g/mol. The summed E-state index contributed by atoms with van der Waals surface area (Å²) in [5.41, 5.74) is 11.2. The molecule has 4 aromatic rings. The van der Waals surface area contributed by atoms with Crippen molar-refractivity contribution in [1.82, 2.24) is 29.5 Å². The van der Waals surface area contributed by atoms with Crippen LogP contribution in [-0.2, 0) is 93.4 Å². The topological polar surface area (TPSA) is 151 Å². The fraction of sp³-hybridized carbons (Fsp3) is 0.625. The van der Waals surface area contributed by atoms with Gasteiger partial charge in [-0.15, -0.1) is 10.2 Å². The lowest BCUT2D eigenvalue weighted by atomic mass is 10.0. The third-order valence-electron chi connectivity index (χ3n) is 12.2. The van der Waals surface area contributed by atoms with Gasteiger partial charge in [0.25, 0.3) is 0 Å². The van der Waals surface area contributed by atoms with Crippen LogP contribution in [0.25, 0.3) is 0 Å². The maximum atomic E-state index is 11.5. The van der Waals surface area contributed by atoms with Gasteiger partial charge in [-0.1, -0.05) is 63.2 Å². The molecule has 0 saturated heterocycles. The van der Waals surface area contributed by atoms with E-state index in [0.29, 0.717) is 66.3 Å². The zero-order chi connectivity index (χ0) is 48.1. The highest BCUT2D eigenvalue weighted by molar-refractivity contribution is 9.10. The van der Waals surface area contributed by atoms with Gasteiger partial charge < -0.3 is 28.4 Å². The van der Waals surface area contributed by atoms with Crippen LogP contribution in [-0.4, -0.2) is 96.6 Å². The Balaban J connectivity index is 0.000000196. The first-order chi connectivity index (χ1) is 32.0. The molecule has 0 radical (unpaired) electrons. The van der Waals surface area contributed by atoms with Crippen molar-refractivity contribution < 1.29 is 38.0 Å². The lowest BCUT2D eigenvalue weighted by Gasteiger charge is -2.17. The molecule has 0 atom stereocenters. The van der Waals surface area contributed by atoms with Gasteiger partial charge in [0.05, 0.1) is 27.1 Å². The maximum absolute atomic E-state index is 11.5. The summed E-state index contributed by atoms with van der Waals surface area (Å²) in [6.07, 6.45) is 14.4. The van der Waals surface area contributed by atoms with Gasteiger partial charge in [-0.25, -0.2) is 0 Å². The number of benzene rings is 2. The minimum absolute atomic E-state index is 0.199. The Hall–Kier alpha value is -3.21. The van der Waals surface area contributed by atoms with Gasteiger partial charge >= 0.3 is 24.0 Å². The molecule has 0 unspecified atom stereocenters. The van der Waals surface area contributed by atoms with Gasteiger partial charge in [0.15, 0.2) is 0 Å². The minimum Gasteiger partial charge on any atom is -0.469 e. The van der Waals surface area contributed by atoms with Gasteiger partial charge in [-0.2, -0.15) is 32.0 Å². The summed E-state index contributed by atoms with van der Waals surface area (Å²) in [6, 6.07) is 8.03. The molecule has 0 fully saturated rings. The van der Waals surface area contributed by atoms with Crippen LogP contribution in [0.4, 0.5) is 0 Å². The summed E-state index contributed by atoms with van der Waals surface area (Å²) in [7, 11) is 0.501. The number of methoxy groups -OCH3 is 2. The Bertz CT molecular complexity index is 2250. The van der Waals surface area contributed by atoms with E-state index >= 15 is 0 Å². The first kappa shape index (κ1) is 53.2. The van der Waals surface area contributed by atoms with Gasteiger partial charge in [-0.05, 0) is 150 Å². The van der Waals surface area contributed by atoms with E-state index in [1.807, 2.05) is 0 Å². The van der Waals surface area contributed by atoms with Crippen LogP contribution >= 0.6 is 40.3 Å². The number of ether oxygens (including phenoxy) is 6. The number of hydrogen-bond acceptors (Lipinski definition) is 14. The van der Waals surface area contributed by atoms with Gasteiger partial charge in [-0.3, -0.25) is 9.59 Å².